The summed E-state index contributed by atoms with van der Waals surface area (Å²) in [6.45, 7) is 3.23. The van der Waals surface area contributed by atoms with Crippen molar-refractivity contribution in [2.75, 3.05) is 23.7 Å². The van der Waals surface area contributed by atoms with Crippen molar-refractivity contribution in [1.82, 2.24) is 19.9 Å². The largest absolute Gasteiger partial charge is 0.393 e. The first-order chi connectivity index (χ1) is 16.6. The molecule has 7 nitrogen and oxygen atoms in total. The van der Waals surface area contributed by atoms with Gasteiger partial charge in [-0.15, -0.1) is 0 Å². The van der Waals surface area contributed by atoms with Crippen LogP contribution >= 0.6 is 0 Å². The second-order valence-electron chi connectivity index (χ2n) is 9.28. The van der Waals surface area contributed by atoms with E-state index in [0.29, 0.717) is 17.5 Å². The molecule has 178 valence electrons. The van der Waals surface area contributed by atoms with Crippen molar-refractivity contribution in [3.8, 4) is 11.3 Å². The predicted molar refractivity (Wildman–Crippen MR) is 131 cm³/mol. The van der Waals surface area contributed by atoms with Crippen molar-refractivity contribution >= 4 is 17.5 Å². The maximum atomic E-state index is 13.6. The number of aliphatic hydroxyl groups is 1. The molecule has 1 aromatic carbocycles. The standard InChI is InChI=1S/C26H31FN6O/c27-19-4-3-5-21(14-19)31-26-29-16-23(25(32-26)30-20-7-9-22(34)10-8-20)24-11-6-18(15-28-24)17-33-12-1-2-13-33/h3-6,11,14-16,20,22,34H,1-2,7-10,12-13,17H2,(H2,29,30,31,32). The van der Waals surface area contributed by atoms with E-state index in [1.807, 2.05) is 12.3 Å². The summed E-state index contributed by atoms with van der Waals surface area (Å²) < 4.78 is 13.6. The molecule has 0 bridgehead atoms. The first-order valence-corrected chi connectivity index (χ1v) is 12.1. The fourth-order valence-corrected chi connectivity index (χ4v) is 4.72. The Hall–Kier alpha value is -3.10. The lowest BCUT2D eigenvalue weighted by atomic mass is 9.93. The molecular formula is C26H31FN6O. The van der Waals surface area contributed by atoms with Gasteiger partial charge in [0.2, 0.25) is 5.95 Å². The molecule has 0 radical (unpaired) electrons. The minimum absolute atomic E-state index is 0.216. The number of hydrogen-bond donors (Lipinski definition) is 3. The van der Waals surface area contributed by atoms with Crippen LogP contribution in [-0.4, -0.2) is 50.2 Å². The van der Waals surface area contributed by atoms with E-state index in [4.69, 9.17) is 9.97 Å². The molecule has 0 atom stereocenters. The van der Waals surface area contributed by atoms with Crippen molar-refractivity contribution in [2.24, 2.45) is 0 Å². The van der Waals surface area contributed by atoms with Gasteiger partial charge < -0.3 is 15.7 Å². The number of rotatable bonds is 7. The van der Waals surface area contributed by atoms with Crippen molar-refractivity contribution in [2.45, 2.75) is 57.2 Å². The highest BCUT2D eigenvalue weighted by Gasteiger charge is 2.22. The van der Waals surface area contributed by atoms with Crippen LogP contribution in [0.5, 0.6) is 0 Å². The van der Waals surface area contributed by atoms with Gasteiger partial charge in [0.15, 0.2) is 0 Å². The van der Waals surface area contributed by atoms with E-state index in [1.165, 1.54) is 30.5 Å². The smallest absolute Gasteiger partial charge is 0.229 e. The summed E-state index contributed by atoms with van der Waals surface area (Å²) >= 11 is 0. The zero-order valence-electron chi connectivity index (χ0n) is 19.3. The SMILES string of the molecule is OC1CCC(Nc2nc(Nc3cccc(F)c3)ncc2-c2ccc(CN3CCCC3)cn2)CC1. The van der Waals surface area contributed by atoms with E-state index in [9.17, 15) is 9.50 Å². The first kappa shape index (κ1) is 22.7. The van der Waals surface area contributed by atoms with Gasteiger partial charge in [0.05, 0.1) is 17.4 Å². The number of anilines is 3. The lowest BCUT2D eigenvalue weighted by molar-refractivity contribution is 0.126. The van der Waals surface area contributed by atoms with E-state index in [-0.39, 0.29) is 18.0 Å². The third kappa shape index (κ3) is 5.69. The summed E-state index contributed by atoms with van der Waals surface area (Å²) in [4.78, 5) is 16.4. The number of benzene rings is 1. The zero-order chi connectivity index (χ0) is 23.3. The number of aromatic nitrogens is 3. The molecule has 0 spiro atoms. The van der Waals surface area contributed by atoms with Gasteiger partial charge in [-0.25, -0.2) is 9.37 Å². The molecule has 1 aliphatic heterocycles. The Bertz CT molecular complexity index is 1090. The van der Waals surface area contributed by atoms with Crippen LogP contribution in [0.4, 0.5) is 21.8 Å². The third-order valence-corrected chi connectivity index (χ3v) is 6.61. The number of likely N-dealkylation sites (tertiary alicyclic amines) is 1. The monoisotopic (exact) mass is 462 g/mol. The molecule has 2 aliphatic rings. The van der Waals surface area contributed by atoms with Crippen LogP contribution in [0.3, 0.4) is 0 Å². The van der Waals surface area contributed by atoms with Crippen LogP contribution in [0.15, 0.2) is 48.8 Å². The maximum Gasteiger partial charge on any atom is 0.229 e. The van der Waals surface area contributed by atoms with E-state index in [0.717, 1.165) is 56.6 Å². The summed E-state index contributed by atoms with van der Waals surface area (Å²) in [7, 11) is 0. The summed E-state index contributed by atoms with van der Waals surface area (Å²) in [5, 5.41) is 16.5. The maximum absolute atomic E-state index is 13.6. The molecule has 1 saturated carbocycles. The number of aliphatic hydroxyl groups excluding tert-OH is 1. The fourth-order valence-electron chi connectivity index (χ4n) is 4.72. The summed E-state index contributed by atoms with van der Waals surface area (Å²) in [5.74, 6) is 0.757. The molecule has 0 amide bonds. The molecule has 3 heterocycles. The molecule has 2 aromatic heterocycles. The highest BCUT2D eigenvalue weighted by Crippen LogP contribution is 2.30. The van der Waals surface area contributed by atoms with Crippen LogP contribution in [0, 0.1) is 5.82 Å². The van der Waals surface area contributed by atoms with Crippen LogP contribution < -0.4 is 10.6 Å². The second-order valence-corrected chi connectivity index (χ2v) is 9.28. The Morgan fingerprint density at radius 2 is 1.82 bits per heavy atom. The lowest BCUT2D eigenvalue weighted by Crippen LogP contribution is -2.29. The number of nitrogens with one attached hydrogen (secondary N) is 2. The Morgan fingerprint density at radius 1 is 1.00 bits per heavy atom. The van der Waals surface area contributed by atoms with Crippen LogP contribution in [0.25, 0.3) is 11.3 Å². The molecular weight excluding hydrogens is 431 g/mol. The number of halogens is 1. The lowest BCUT2D eigenvalue weighted by Gasteiger charge is -2.27. The van der Waals surface area contributed by atoms with E-state index >= 15 is 0 Å². The van der Waals surface area contributed by atoms with Gasteiger partial charge in [-0.3, -0.25) is 9.88 Å². The molecule has 5 rings (SSSR count). The van der Waals surface area contributed by atoms with Crippen LogP contribution in [0.2, 0.25) is 0 Å². The van der Waals surface area contributed by atoms with E-state index in [2.05, 4.69) is 26.6 Å². The van der Waals surface area contributed by atoms with E-state index in [1.54, 1.807) is 18.3 Å². The molecule has 1 saturated heterocycles. The van der Waals surface area contributed by atoms with E-state index < -0.39 is 0 Å². The molecule has 3 N–H and O–H groups in total. The average Bonchev–Trinajstić information content (AvgIpc) is 3.35. The van der Waals surface area contributed by atoms with Gasteiger partial charge in [-0.2, -0.15) is 4.98 Å². The normalized spacial score (nSPS) is 20.9. The molecule has 1 aliphatic carbocycles. The fraction of sp³-hybridized carbons (Fsp3) is 0.423. The Balaban J connectivity index is 1.39. The summed E-state index contributed by atoms with van der Waals surface area (Å²) in [5.41, 5.74) is 3.42. The number of nitrogens with zero attached hydrogens (tertiary/aromatic N) is 4. The third-order valence-electron chi connectivity index (χ3n) is 6.61. The van der Waals surface area contributed by atoms with Gasteiger partial charge >= 0.3 is 0 Å². The molecule has 2 fully saturated rings. The quantitative estimate of drug-likeness (QED) is 0.468. The van der Waals surface area contributed by atoms with Crippen molar-refractivity contribution in [3.63, 3.8) is 0 Å². The molecule has 0 unspecified atom stereocenters. The minimum Gasteiger partial charge on any atom is -0.393 e. The summed E-state index contributed by atoms with van der Waals surface area (Å²) in [6.07, 6.45) is 9.31. The van der Waals surface area contributed by atoms with Crippen molar-refractivity contribution in [1.29, 1.82) is 0 Å². The van der Waals surface area contributed by atoms with Gasteiger partial charge in [-0.1, -0.05) is 12.1 Å². The second kappa shape index (κ2) is 10.4. The molecule has 3 aromatic rings. The van der Waals surface area contributed by atoms with Crippen molar-refractivity contribution < 1.29 is 9.50 Å². The molecule has 34 heavy (non-hydrogen) atoms. The Kier molecular flexibility index (Phi) is 6.97. The van der Waals surface area contributed by atoms with Crippen LogP contribution in [0.1, 0.15) is 44.1 Å². The molecule has 8 heteroatoms. The number of pyridine rings is 1. The topological polar surface area (TPSA) is 86.2 Å². The highest BCUT2D eigenvalue weighted by atomic mass is 19.1. The van der Waals surface area contributed by atoms with Gasteiger partial charge in [0.25, 0.3) is 0 Å². The predicted octanol–water partition coefficient (Wildman–Crippen LogP) is 4.73. The van der Waals surface area contributed by atoms with Crippen LogP contribution in [-0.2, 0) is 6.54 Å². The van der Waals surface area contributed by atoms with Gasteiger partial charge in [0, 0.05) is 30.7 Å². The van der Waals surface area contributed by atoms with Gasteiger partial charge in [-0.05, 0) is 81.4 Å². The van der Waals surface area contributed by atoms with Crippen molar-refractivity contribution in [3.05, 3.63) is 60.2 Å². The number of hydrogen-bond acceptors (Lipinski definition) is 7. The average molecular weight is 463 g/mol. The Labute approximate surface area is 199 Å². The van der Waals surface area contributed by atoms with Gasteiger partial charge in [0.1, 0.15) is 11.6 Å². The summed E-state index contributed by atoms with van der Waals surface area (Å²) in [6, 6.07) is 10.6. The highest BCUT2D eigenvalue weighted by molar-refractivity contribution is 5.73. The Morgan fingerprint density at radius 3 is 2.56 bits per heavy atom. The zero-order valence-corrected chi connectivity index (χ0v) is 19.3. The minimum atomic E-state index is -0.320. The first-order valence-electron chi connectivity index (χ1n) is 12.1.